The van der Waals surface area contributed by atoms with Gasteiger partial charge in [-0.05, 0) is 65.2 Å². The van der Waals surface area contributed by atoms with E-state index in [1.807, 2.05) is 20.8 Å². The van der Waals surface area contributed by atoms with E-state index in [2.05, 4.69) is 20.8 Å². The van der Waals surface area contributed by atoms with Gasteiger partial charge >= 0.3 is 16.4 Å². The van der Waals surface area contributed by atoms with Gasteiger partial charge in [0.15, 0.2) is 17.4 Å². The zero-order valence-electron chi connectivity index (χ0n) is 32.8. The monoisotopic (exact) mass is 796 g/mol. The molecule has 6 heterocycles. The molecule has 1 spiro atoms. The molecule has 6 aliphatic heterocycles. The highest BCUT2D eigenvalue weighted by Crippen LogP contribution is 2.54. The summed E-state index contributed by atoms with van der Waals surface area (Å²) >= 11 is 0. The van der Waals surface area contributed by atoms with Crippen LogP contribution in [0.25, 0.3) is 0 Å². The van der Waals surface area contributed by atoms with Crippen LogP contribution in [-0.2, 0) is 43.6 Å². The molecule has 6 saturated heterocycles. The van der Waals surface area contributed by atoms with Gasteiger partial charge < -0.3 is 54.0 Å². The highest BCUT2D eigenvalue weighted by Gasteiger charge is 2.61. The quantitative estimate of drug-likeness (QED) is 0.183. The van der Waals surface area contributed by atoms with E-state index in [1.54, 1.807) is 13.8 Å². The fourth-order valence-electron chi connectivity index (χ4n) is 9.99. The maximum absolute atomic E-state index is 11.5. The number of aliphatic hydroxyl groups is 4. The van der Waals surface area contributed by atoms with Crippen LogP contribution in [-0.4, -0.2) is 126 Å². The van der Waals surface area contributed by atoms with Crippen LogP contribution in [0.1, 0.15) is 120 Å². The SMILES string of the molecule is C[C@@H](C1C[C@H](O)[C@@H](C)[C@](O)(CC(=O)O)O1)C1O[C@@]2(CC[C@@](C)(C3CC[C@@](C)(C4CCC(C5O[C@](C)(O)[C@H](C)C[C@@H]5C)O4)O3)O2)C[C@H](O)[C@H]1C.O=S(=O)(O)O. The van der Waals surface area contributed by atoms with E-state index in [1.165, 1.54) is 0 Å². The van der Waals surface area contributed by atoms with Crippen LogP contribution < -0.4 is 0 Å². The van der Waals surface area contributed by atoms with E-state index in [-0.39, 0.29) is 54.5 Å². The van der Waals surface area contributed by atoms with Gasteiger partial charge in [-0.1, -0.05) is 34.6 Å². The second kappa shape index (κ2) is 15.6. The topological polar surface area (TPSA) is 248 Å². The Bertz CT molecular complexity index is 1440. The van der Waals surface area contributed by atoms with Crippen molar-refractivity contribution in [1.29, 1.82) is 0 Å². The normalized spacial score (nSPS) is 51.8. The Balaban J connectivity index is 0.00000105. The summed E-state index contributed by atoms with van der Waals surface area (Å²) in [6.07, 6.45) is 1.83. The van der Waals surface area contributed by atoms with E-state index in [9.17, 15) is 30.3 Å². The highest BCUT2D eigenvalue weighted by atomic mass is 32.3. The summed E-state index contributed by atoms with van der Waals surface area (Å²) in [5.41, 5.74) is -1.16. The first-order chi connectivity index (χ1) is 24.7. The van der Waals surface area contributed by atoms with Crippen molar-refractivity contribution in [3.05, 3.63) is 0 Å². The molecule has 0 saturated carbocycles. The van der Waals surface area contributed by atoms with Crippen molar-refractivity contribution in [2.75, 3.05) is 0 Å². The molecule has 6 fully saturated rings. The van der Waals surface area contributed by atoms with E-state index < -0.39 is 81.7 Å². The third kappa shape index (κ3) is 9.29. The standard InChI is InChI=1S/C37H62O12.H2O4S/c1-19-15-20(2)35(8,42)47-31(19)26-9-10-28(44-26)33(6)12-11-29(46-33)34(7)13-14-36(49-34)17-25(39)21(3)32(48-36)22(4)27-16-24(38)23(5)37(43,45-27)18-30(40)41;1-5(2,3)4/h19-29,31-32,38-39,42-43H,9-18H2,1-8H3,(H,40,41);(H2,1,2,3,4)/t19-,20+,21+,22-,23+,24-,25-,26?,27?,28?,29?,31?,32?,33-,34-,35-,36+,37-;/m0./s1. The first-order valence-electron chi connectivity index (χ1n) is 19.5. The lowest BCUT2D eigenvalue weighted by Gasteiger charge is -2.51. The van der Waals surface area contributed by atoms with Crippen molar-refractivity contribution >= 4 is 16.4 Å². The smallest absolute Gasteiger partial charge is 0.394 e. The molecule has 54 heavy (non-hydrogen) atoms. The number of aliphatic carboxylic acids is 1. The molecule has 6 aliphatic rings. The number of aliphatic hydroxyl groups excluding tert-OH is 2. The number of carbonyl (C=O) groups is 1. The third-order valence-electron chi connectivity index (χ3n) is 13.7. The Morgan fingerprint density at radius 2 is 1.48 bits per heavy atom. The Labute approximate surface area is 318 Å². The van der Waals surface area contributed by atoms with Crippen LogP contribution in [0.3, 0.4) is 0 Å². The highest BCUT2D eigenvalue weighted by molar-refractivity contribution is 7.79. The zero-order chi connectivity index (χ0) is 40.4. The second-order valence-corrected chi connectivity index (χ2v) is 18.9. The molecule has 6 unspecified atom stereocenters. The van der Waals surface area contributed by atoms with Crippen LogP contribution in [0.15, 0.2) is 0 Å². The lowest BCUT2D eigenvalue weighted by molar-refractivity contribution is -0.349. The number of carboxylic acid groups (broad SMARTS) is 1. The zero-order valence-corrected chi connectivity index (χ0v) is 33.6. The van der Waals surface area contributed by atoms with Crippen molar-refractivity contribution in [3.63, 3.8) is 0 Å². The van der Waals surface area contributed by atoms with Crippen molar-refractivity contribution in [2.45, 2.75) is 197 Å². The van der Waals surface area contributed by atoms with Gasteiger partial charge in [0.25, 0.3) is 0 Å². The molecule has 314 valence electrons. The fraction of sp³-hybridized carbons (Fsp3) is 0.973. The fourth-order valence-corrected chi connectivity index (χ4v) is 9.99. The van der Waals surface area contributed by atoms with Crippen molar-refractivity contribution in [2.24, 2.45) is 29.6 Å². The molecule has 0 aromatic rings. The van der Waals surface area contributed by atoms with Gasteiger partial charge in [0.2, 0.25) is 0 Å². The Kier molecular flexibility index (Phi) is 12.7. The molecule has 18 atom stereocenters. The number of ether oxygens (including phenoxy) is 6. The maximum Gasteiger partial charge on any atom is 0.394 e. The van der Waals surface area contributed by atoms with Crippen LogP contribution in [0.4, 0.5) is 0 Å². The summed E-state index contributed by atoms with van der Waals surface area (Å²) in [7, 11) is -4.67. The summed E-state index contributed by atoms with van der Waals surface area (Å²) in [4.78, 5) is 11.5. The third-order valence-corrected chi connectivity index (χ3v) is 13.7. The molecule has 0 bridgehead atoms. The maximum atomic E-state index is 11.5. The number of carboxylic acids is 1. The summed E-state index contributed by atoms with van der Waals surface area (Å²) in [5, 5.41) is 53.6. The average Bonchev–Trinajstić information content (AvgIpc) is 3.77. The van der Waals surface area contributed by atoms with Crippen molar-refractivity contribution in [3.8, 4) is 0 Å². The predicted octanol–water partition coefficient (Wildman–Crippen LogP) is 3.23. The van der Waals surface area contributed by atoms with Crippen LogP contribution in [0.2, 0.25) is 0 Å². The molecule has 0 amide bonds. The molecular formula is C37H64O16S. The van der Waals surface area contributed by atoms with Gasteiger partial charge in [-0.25, -0.2) is 0 Å². The van der Waals surface area contributed by atoms with Gasteiger partial charge in [-0.2, -0.15) is 8.42 Å². The average molecular weight is 797 g/mol. The molecular weight excluding hydrogens is 732 g/mol. The molecule has 0 radical (unpaired) electrons. The molecule has 0 aromatic heterocycles. The van der Waals surface area contributed by atoms with E-state index in [0.717, 1.165) is 32.1 Å². The Morgan fingerprint density at radius 3 is 2.11 bits per heavy atom. The van der Waals surface area contributed by atoms with Gasteiger partial charge in [0, 0.05) is 42.9 Å². The van der Waals surface area contributed by atoms with Crippen molar-refractivity contribution in [1.82, 2.24) is 0 Å². The number of hydrogen-bond acceptors (Lipinski definition) is 13. The van der Waals surface area contributed by atoms with Gasteiger partial charge in [0.1, 0.15) is 0 Å². The largest absolute Gasteiger partial charge is 0.481 e. The molecule has 16 nitrogen and oxygen atoms in total. The van der Waals surface area contributed by atoms with Crippen LogP contribution in [0.5, 0.6) is 0 Å². The minimum absolute atomic E-state index is 0.0555. The Morgan fingerprint density at radius 1 is 0.833 bits per heavy atom. The number of rotatable bonds is 7. The summed E-state index contributed by atoms with van der Waals surface area (Å²) < 4.78 is 71.1. The van der Waals surface area contributed by atoms with Crippen molar-refractivity contribution < 1.29 is 76.3 Å². The van der Waals surface area contributed by atoms with E-state index in [0.29, 0.717) is 19.3 Å². The van der Waals surface area contributed by atoms with Gasteiger partial charge in [-0.15, -0.1) is 0 Å². The van der Waals surface area contributed by atoms with Crippen LogP contribution >= 0.6 is 0 Å². The Hall–Kier alpha value is -1.06. The lowest BCUT2D eigenvalue weighted by Crippen LogP contribution is -2.60. The summed E-state index contributed by atoms with van der Waals surface area (Å²) in [6.45, 7) is 15.5. The first kappa shape index (κ1) is 44.1. The summed E-state index contributed by atoms with van der Waals surface area (Å²) in [5.74, 6) is -6.57. The summed E-state index contributed by atoms with van der Waals surface area (Å²) in [6, 6.07) is 0. The second-order valence-electron chi connectivity index (χ2n) is 18.0. The minimum Gasteiger partial charge on any atom is -0.481 e. The van der Waals surface area contributed by atoms with E-state index in [4.69, 9.17) is 45.9 Å². The lowest BCUT2D eigenvalue weighted by atomic mass is 9.76. The molecule has 17 heteroatoms. The molecule has 0 aliphatic carbocycles. The molecule has 7 N–H and O–H groups in total. The van der Waals surface area contributed by atoms with E-state index >= 15 is 0 Å². The predicted molar refractivity (Wildman–Crippen MR) is 190 cm³/mol. The minimum atomic E-state index is -4.67. The first-order valence-corrected chi connectivity index (χ1v) is 20.9. The van der Waals surface area contributed by atoms with Gasteiger partial charge in [-0.3, -0.25) is 13.9 Å². The molecule has 0 aromatic carbocycles. The van der Waals surface area contributed by atoms with Crippen LogP contribution in [0, 0.1) is 29.6 Å². The number of hydrogen-bond donors (Lipinski definition) is 7. The van der Waals surface area contributed by atoms with Gasteiger partial charge in [0.05, 0.1) is 66.5 Å². The molecule has 6 rings (SSSR count).